The van der Waals surface area contributed by atoms with Crippen LogP contribution in [0.2, 0.25) is 0 Å². The number of aryl methyl sites for hydroxylation is 1. The average molecular weight is 347 g/mol. The third-order valence-electron chi connectivity index (χ3n) is 3.87. The van der Waals surface area contributed by atoms with E-state index >= 15 is 0 Å². The van der Waals surface area contributed by atoms with Crippen LogP contribution in [-0.4, -0.2) is 35.5 Å². The Balaban J connectivity index is 1.74. The van der Waals surface area contributed by atoms with Gasteiger partial charge in [0.15, 0.2) is 0 Å². The maximum atomic E-state index is 12.6. The van der Waals surface area contributed by atoms with E-state index in [4.69, 9.17) is 0 Å². The molecule has 0 amide bonds. The molecule has 8 heteroatoms. The van der Waals surface area contributed by atoms with Crippen LogP contribution in [0.5, 0.6) is 0 Å². The van der Waals surface area contributed by atoms with Crippen LogP contribution in [0.4, 0.5) is 0 Å². The van der Waals surface area contributed by atoms with Crippen molar-refractivity contribution in [3.05, 3.63) is 40.3 Å². The molecule has 1 N–H and O–H groups in total. The van der Waals surface area contributed by atoms with Gasteiger partial charge in [-0.1, -0.05) is 19.8 Å². The minimum absolute atomic E-state index is 0.101. The van der Waals surface area contributed by atoms with Gasteiger partial charge in [0.2, 0.25) is 0 Å². The minimum Gasteiger partial charge on any atom is -0.389 e. The number of aliphatic hydroxyl groups is 1. The van der Waals surface area contributed by atoms with Crippen LogP contribution in [0.1, 0.15) is 31.1 Å². The minimum atomic E-state index is -0.730. The summed E-state index contributed by atoms with van der Waals surface area (Å²) in [4.78, 5) is 22.8. The summed E-state index contributed by atoms with van der Waals surface area (Å²) in [6.07, 6.45) is 8.23. The zero-order valence-corrected chi connectivity index (χ0v) is 14.4. The molecule has 0 bridgehead atoms. The van der Waals surface area contributed by atoms with E-state index in [-0.39, 0.29) is 18.6 Å². The monoisotopic (exact) mass is 347 g/mol. The maximum absolute atomic E-state index is 12.6. The van der Waals surface area contributed by atoms with E-state index < -0.39 is 6.10 Å². The number of fused-ring (bicyclic) bond motifs is 1. The van der Waals surface area contributed by atoms with Gasteiger partial charge < -0.3 is 5.11 Å². The van der Waals surface area contributed by atoms with Crippen molar-refractivity contribution in [2.75, 3.05) is 0 Å². The third kappa shape index (κ3) is 3.88. The van der Waals surface area contributed by atoms with Crippen molar-refractivity contribution in [3.63, 3.8) is 0 Å². The van der Waals surface area contributed by atoms with E-state index in [0.717, 1.165) is 17.7 Å². The lowest BCUT2D eigenvalue weighted by Crippen LogP contribution is -2.29. The van der Waals surface area contributed by atoms with E-state index in [9.17, 15) is 9.90 Å². The normalized spacial score (nSPS) is 12.8. The number of unbranched alkanes of at least 4 members (excludes halogenated alkanes) is 2. The van der Waals surface area contributed by atoms with Crippen LogP contribution in [0, 0.1) is 0 Å². The van der Waals surface area contributed by atoms with Gasteiger partial charge in [0.25, 0.3) is 5.56 Å². The van der Waals surface area contributed by atoms with Gasteiger partial charge in [-0.25, -0.2) is 9.97 Å². The average Bonchev–Trinajstić information content (AvgIpc) is 3.20. The Labute approximate surface area is 143 Å². The number of nitrogens with zero attached hydrogens (tertiary/aromatic N) is 5. The summed E-state index contributed by atoms with van der Waals surface area (Å²) >= 11 is 1.58. The van der Waals surface area contributed by atoms with Crippen molar-refractivity contribution in [1.82, 2.24) is 24.3 Å². The van der Waals surface area contributed by atoms with Gasteiger partial charge in [-0.15, -0.1) is 11.3 Å². The smallest absolute Gasteiger partial charge is 0.262 e. The lowest BCUT2D eigenvalue weighted by molar-refractivity contribution is 0.128. The van der Waals surface area contributed by atoms with Gasteiger partial charge in [-0.2, -0.15) is 5.10 Å². The van der Waals surface area contributed by atoms with Gasteiger partial charge >= 0.3 is 0 Å². The topological polar surface area (TPSA) is 85.8 Å². The first-order valence-electron chi connectivity index (χ1n) is 8.15. The number of aromatic nitrogens is 5. The summed E-state index contributed by atoms with van der Waals surface area (Å²) in [5.41, 5.74) is -0.101. The Hall–Kier alpha value is -2.06. The molecule has 3 heterocycles. The van der Waals surface area contributed by atoms with Crippen LogP contribution in [-0.2, 0) is 19.5 Å². The molecule has 0 radical (unpaired) electrons. The van der Waals surface area contributed by atoms with Crippen molar-refractivity contribution < 1.29 is 5.11 Å². The Morgan fingerprint density at radius 1 is 1.29 bits per heavy atom. The molecule has 128 valence electrons. The standard InChI is InChI=1S/C16H21N5O2S/c1-2-3-4-5-13-6-14-15(24-13)18-11-20(16(14)23)7-12(22)8-21-10-17-9-19-21/h6,9-12,22H,2-5,7-8H2,1H3. The summed E-state index contributed by atoms with van der Waals surface area (Å²) in [7, 11) is 0. The zero-order chi connectivity index (χ0) is 16.9. The van der Waals surface area contributed by atoms with Crippen molar-refractivity contribution in [3.8, 4) is 0 Å². The Kier molecular flexibility index (Phi) is 5.37. The highest BCUT2D eigenvalue weighted by Gasteiger charge is 2.12. The van der Waals surface area contributed by atoms with Gasteiger partial charge in [0, 0.05) is 4.88 Å². The Morgan fingerprint density at radius 3 is 2.92 bits per heavy atom. The molecule has 24 heavy (non-hydrogen) atoms. The first kappa shape index (κ1) is 16.8. The molecule has 3 aromatic heterocycles. The molecule has 0 fully saturated rings. The van der Waals surface area contributed by atoms with Gasteiger partial charge in [-0.05, 0) is 18.9 Å². The first-order chi connectivity index (χ1) is 11.7. The fourth-order valence-corrected chi connectivity index (χ4v) is 3.67. The highest BCUT2D eigenvalue weighted by Crippen LogP contribution is 2.22. The fourth-order valence-electron chi connectivity index (χ4n) is 2.64. The summed E-state index contributed by atoms with van der Waals surface area (Å²) in [5.74, 6) is 0. The second-order valence-electron chi connectivity index (χ2n) is 5.86. The molecule has 0 spiro atoms. The summed E-state index contributed by atoms with van der Waals surface area (Å²) < 4.78 is 3.00. The van der Waals surface area contributed by atoms with Crippen LogP contribution in [0.15, 0.2) is 29.8 Å². The van der Waals surface area contributed by atoms with Crippen molar-refractivity contribution in [2.45, 2.75) is 51.8 Å². The van der Waals surface area contributed by atoms with E-state index in [1.807, 2.05) is 6.07 Å². The van der Waals surface area contributed by atoms with Gasteiger partial charge in [0.1, 0.15) is 17.5 Å². The van der Waals surface area contributed by atoms with E-state index in [1.54, 1.807) is 11.3 Å². The van der Waals surface area contributed by atoms with Crippen molar-refractivity contribution in [1.29, 1.82) is 0 Å². The summed E-state index contributed by atoms with van der Waals surface area (Å²) in [5, 5.41) is 14.7. The molecule has 0 aliphatic heterocycles. The predicted octanol–water partition coefficient (Wildman–Crippen LogP) is 1.84. The highest BCUT2D eigenvalue weighted by atomic mass is 32.1. The number of aliphatic hydroxyl groups excluding tert-OH is 1. The number of hydrogen-bond acceptors (Lipinski definition) is 6. The van der Waals surface area contributed by atoms with Crippen LogP contribution >= 0.6 is 11.3 Å². The molecule has 0 saturated carbocycles. The van der Waals surface area contributed by atoms with Crippen LogP contribution < -0.4 is 5.56 Å². The number of rotatable bonds is 8. The lowest BCUT2D eigenvalue weighted by atomic mass is 10.2. The fraction of sp³-hybridized carbons (Fsp3) is 0.500. The van der Waals surface area contributed by atoms with E-state index in [0.29, 0.717) is 5.39 Å². The second-order valence-corrected chi connectivity index (χ2v) is 6.98. The van der Waals surface area contributed by atoms with Gasteiger partial charge in [0.05, 0.1) is 30.9 Å². The van der Waals surface area contributed by atoms with Crippen molar-refractivity contribution in [2.24, 2.45) is 0 Å². The Morgan fingerprint density at radius 2 is 2.17 bits per heavy atom. The number of thiophene rings is 1. The molecule has 0 aliphatic rings. The maximum Gasteiger partial charge on any atom is 0.262 e. The molecular weight excluding hydrogens is 326 g/mol. The lowest BCUT2D eigenvalue weighted by Gasteiger charge is -2.11. The molecule has 1 unspecified atom stereocenters. The summed E-state index contributed by atoms with van der Waals surface area (Å²) in [6.45, 7) is 2.65. The largest absolute Gasteiger partial charge is 0.389 e. The van der Waals surface area contributed by atoms with Crippen molar-refractivity contribution >= 4 is 21.6 Å². The molecule has 3 rings (SSSR count). The molecule has 0 aromatic carbocycles. The SMILES string of the molecule is CCCCCc1cc2c(=O)n(CC(O)Cn3cncn3)cnc2s1. The highest BCUT2D eigenvalue weighted by molar-refractivity contribution is 7.18. The van der Waals surface area contributed by atoms with Crippen LogP contribution in [0.3, 0.4) is 0 Å². The third-order valence-corrected chi connectivity index (χ3v) is 4.97. The second kappa shape index (κ2) is 7.67. The summed E-state index contributed by atoms with van der Waals surface area (Å²) in [6, 6.07) is 1.95. The molecular formula is C16H21N5O2S. The Bertz CT molecular complexity index is 840. The van der Waals surface area contributed by atoms with E-state index in [2.05, 4.69) is 22.0 Å². The molecule has 0 saturated heterocycles. The van der Waals surface area contributed by atoms with Gasteiger partial charge in [-0.3, -0.25) is 14.0 Å². The predicted molar refractivity (Wildman–Crippen MR) is 93.1 cm³/mol. The quantitative estimate of drug-likeness (QED) is 0.629. The molecule has 3 aromatic rings. The zero-order valence-electron chi connectivity index (χ0n) is 13.6. The molecule has 7 nitrogen and oxygen atoms in total. The van der Waals surface area contributed by atoms with E-state index in [1.165, 1.54) is 45.9 Å². The first-order valence-corrected chi connectivity index (χ1v) is 8.97. The number of hydrogen-bond donors (Lipinski definition) is 1. The molecule has 1 atom stereocenters. The van der Waals surface area contributed by atoms with Crippen LogP contribution in [0.25, 0.3) is 10.2 Å². The molecule has 0 aliphatic carbocycles.